The van der Waals surface area contributed by atoms with Gasteiger partial charge >= 0.3 is 0 Å². The highest BCUT2D eigenvalue weighted by molar-refractivity contribution is 5.86. The van der Waals surface area contributed by atoms with E-state index in [1.165, 1.54) is 12.8 Å². The van der Waals surface area contributed by atoms with Crippen molar-refractivity contribution in [3.63, 3.8) is 0 Å². The maximum atomic E-state index is 9.45. The fourth-order valence-electron chi connectivity index (χ4n) is 2.42. The first-order valence-electron chi connectivity index (χ1n) is 5.78. The van der Waals surface area contributed by atoms with E-state index >= 15 is 0 Å². The van der Waals surface area contributed by atoms with Crippen molar-refractivity contribution in [2.24, 2.45) is 10.9 Å². The van der Waals surface area contributed by atoms with Crippen molar-refractivity contribution in [2.75, 3.05) is 19.7 Å². The van der Waals surface area contributed by atoms with Crippen LogP contribution in [-0.2, 0) is 0 Å². The molecule has 2 aliphatic rings. The summed E-state index contributed by atoms with van der Waals surface area (Å²) in [7, 11) is 0. The molecule has 0 saturated heterocycles. The SMILES string of the molecule is OCCN1CC(O)=C(O)N=C1C1CCCC1. The molecule has 5 nitrogen and oxygen atoms in total. The average Bonchev–Trinajstić information content (AvgIpc) is 2.76. The minimum atomic E-state index is -0.268. The molecule has 1 saturated carbocycles. The number of β-amino-alcohol motifs (C(OH)–C–C–N with tert-alkyl or cyclic N) is 1. The minimum Gasteiger partial charge on any atom is -0.506 e. The molecule has 0 aromatic rings. The van der Waals surface area contributed by atoms with Crippen LogP contribution in [0.3, 0.4) is 0 Å². The molecule has 90 valence electrons. The van der Waals surface area contributed by atoms with Crippen molar-refractivity contribution in [3.8, 4) is 0 Å². The summed E-state index contributed by atoms with van der Waals surface area (Å²) in [6.07, 6.45) is 4.53. The molecule has 1 fully saturated rings. The Morgan fingerprint density at radius 2 is 1.94 bits per heavy atom. The Morgan fingerprint density at radius 1 is 1.25 bits per heavy atom. The first kappa shape index (κ1) is 11.3. The maximum Gasteiger partial charge on any atom is 0.253 e. The summed E-state index contributed by atoms with van der Waals surface area (Å²) in [5.41, 5.74) is 0. The second kappa shape index (κ2) is 4.74. The third-order valence-electron chi connectivity index (χ3n) is 3.23. The Morgan fingerprint density at radius 3 is 2.56 bits per heavy atom. The Labute approximate surface area is 94.7 Å². The minimum absolute atomic E-state index is 0.0276. The number of aliphatic hydroxyl groups is 3. The van der Waals surface area contributed by atoms with Gasteiger partial charge in [-0.05, 0) is 12.8 Å². The Balaban J connectivity index is 2.18. The highest BCUT2D eigenvalue weighted by Crippen LogP contribution is 2.29. The highest BCUT2D eigenvalue weighted by Gasteiger charge is 2.29. The van der Waals surface area contributed by atoms with E-state index in [-0.39, 0.29) is 24.8 Å². The molecule has 1 aliphatic heterocycles. The predicted octanol–water partition coefficient (Wildman–Crippen LogP) is 1.17. The lowest BCUT2D eigenvalue weighted by molar-refractivity contribution is 0.218. The molecular weight excluding hydrogens is 208 g/mol. The van der Waals surface area contributed by atoms with Gasteiger partial charge in [-0.25, -0.2) is 0 Å². The average molecular weight is 226 g/mol. The Bertz CT molecular complexity index is 319. The van der Waals surface area contributed by atoms with Gasteiger partial charge < -0.3 is 20.2 Å². The van der Waals surface area contributed by atoms with Crippen molar-refractivity contribution in [2.45, 2.75) is 25.7 Å². The van der Waals surface area contributed by atoms with Gasteiger partial charge in [0.25, 0.3) is 5.88 Å². The van der Waals surface area contributed by atoms with Crippen LogP contribution in [0.15, 0.2) is 16.6 Å². The van der Waals surface area contributed by atoms with E-state index < -0.39 is 0 Å². The van der Waals surface area contributed by atoms with Crippen LogP contribution in [-0.4, -0.2) is 45.8 Å². The second-order valence-corrected chi connectivity index (χ2v) is 4.37. The van der Waals surface area contributed by atoms with E-state index in [1.54, 1.807) is 0 Å². The lowest BCUT2D eigenvalue weighted by atomic mass is 10.0. The highest BCUT2D eigenvalue weighted by atomic mass is 16.3. The quantitative estimate of drug-likeness (QED) is 0.675. The normalized spacial score (nSPS) is 22.8. The van der Waals surface area contributed by atoms with Gasteiger partial charge in [-0.15, -0.1) is 0 Å². The molecule has 3 N–H and O–H groups in total. The molecule has 0 atom stereocenters. The molecule has 1 aliphatic carbocycles. The summed E-state index contributed by atoms with van der Waals surface area (Å²) in [6, 6.07) is 0. The number of nitrogens with zero attached hydrogens (tertiary/aromatic N) is 2. The van der Waals surface area contributed by atoms with E-state index in [0.717, 1.165) is 18.7 Å². The van der Waals surface area contributed by atoms with Crippen molar-refractivity contribution < 1.29 is 15.3 Å². The van der Waals surface area contributed by atoms with Gasteiger partial charge in [0.2, 0.25) is 0 Å². The maximum absolute atomic E-state index is 9.45. The van der Waals surface area contributed by atoms with Crippen LogP contribution in [0.4, 0.5) is 0 Å². The van der Waals surface area contributed by atoms with Gasteiger partial charge in [-0.3, -0.25) is 0 Å². The van der Waals surface area contributed by atoms with Crippen LogP contribution in [0.25, 0.3) is 0 Å². The van der Waals surface area contributed by atoms with Gasteiger partial charge in [-0.2, -0.15) is 4.99 Å². The zero-order chi connectivity index (χ0) is 11.5. The number of amidine groups is 1. The molecule has 0 radical (unpaired) electrons. The fraction of sp³-hybridized carbons (Fsp3) is 0.727. The van der Waals surface area contributed by atoms with Crippen LogP contribution in [0, 0.1) is 5.92 Å². The summed E-state index contributed by atoms with van der Waals surface area (Å²) in [4.78, 5) is 5.91. The third-order valence-corrected chi connectivity index (χ3v) is 3.23. The van der Waals surface area contributed by atoms with Crippen molar-refractivity contribution in [3.05, 3.63) is 11.6 Å². The van der Waals surface area contributed by atoms with E-state index in [9.17, 15) is 10.2 Å². The third kappa shape index (κ3) is 2.14. The molecule has 1 heterocycles. The first-order valence-corrected chi connectivity index (χ1v) is 5.78. The van der Waals surface area contributed by atoms with E-state index in [4.69, 9.17) is 5.11 Å². The molecular formula is C11H18N2O3. The molecule has 0 amide bonds. The molecule has 0 aromatic heterocycles. The van der Waals surface area contributed by atoms with Crippen LogP contribution < -0.4 is 0 Å². The zero-order valence-corrected chi connectivity index (χ0v) is 9.26. The smallest absolute Gasteiger partial charge is 0.253 e. The van der Waals surface area contributed by atoms with Crippen LogP contribution >= 0.6 is 0 Å². The number of hydrogen-bond donors (Lipinski definition) is 3. The number of hydrogen-bond acceptors (Lipinski definition) is 5. The summed E-state index contributed by atoms with van der Waals surface area (Å²) in [5, 5.41) is 27.9. The first-order chi connectivity index (χ1) is 7.72. The van der Waals surface area contributed by atoms with Crippen LogP contribution in [0.1, 0.15) is 25.7 Å². The summed E-state index contributed by atoms with van der Waals surface area (Å²) < 4.78 is 0. The van der Waals surface area contributed by atoms with Gasteiger partial charge in [0.15, 0.2) is 5.76 Å². The Kier molecular flexibility index (Phi) is 3.33. The van der Waals surface area contributed by atoms with Crippen LogP contribution in [0.5, 0.6) is 0 Å². The summed E-state index contributed by atoms with van der Waals surface area (Å²) in [5.74, 6) is 0.801. The molecule has 2 rings (SSSR count). The fourth-order valence-corrected chi connectivity index (χ4v) is 2.42. The number of aliphatic imine (C=N–C) groups is 1. The molecule has 5 heteroatoms. The topological polar surface area (TPSA) is 76.3 Å². The lowest BCUT2D eigenvalue weighted by Crippen LogP contribution is -2.41. The van der Waals surface area contributed by atoms with Gasteiger partial charge in [-0.1, -0.05) is 12.8 Å². The standard InChI is InChI=1S/C11H18N2O3/c14-6-5-13-7-9(15)11(16)12-10(13)8-3-1-2-4-8/h8,14-16H,1-7H2. The number of aliphatic hydroxyl groups excluding tert-OH is 3. The second-order valence-electron chi connectivity index (χ2n) is 4.37. The lowest BCUT2D eigenvalue weighted by Gasteiger charge is -2.31. The molecule has 0 unspecified atom stereocenters. The van der Waals surface area contributed by atoms with E-state index in [1.807, 2.05) is 4.90 Å². The van der Waals surface area contributed by atoms with E-state index in [2.05, 4.69) is 4.99 Å². The predicted molar refractivity (Wildman–Crippen MR) is 60.3 cm³/mol. The van der Waals surface area contributed by atoms with Crippen molar-refractivity contribution in [1.29, 1.82) is 0 Å². The Hall–Kier alpha value is -1.23. The number of rotatable bonds is 3. The molecule has 0 spiro atoms. The van der Waals surface area contributed by atoms with Crippen molar-refractivity contribution >= 4 is 5.84 Å². The molecule has 0 aromatic carbocycles. The van der Waals surface area contributed by atoms with Gasteiger partial charge in [0.05, 0.1) is 13.2 Å². The van der Waals surface area contributed by atoms with Crippen LogP contribution in [0.2, 0.25) is 0 Å². The van der Waals surface area contributed by atoms with Crippen molar-refractivity contribution in [1.82, 2.24) is 4.90 Å². The largest absolute Gasteiger partial charge is 0.506 e. The van der Waals surface area contributed by atoms with E-state index in [0.29, 0.717) is 12.5 Å². The molecule has 16 heavy (non-hydrogen) atoms. The zero-order valence-electron chi connectivity index (χ0n) is 9.26. The summed E-state index contributed by atoms with van der Waals surface area (Å²) >= 11 is 0. The van der Waals surface area contributed by atoms with Gasteiger partial charge in [0, 0.05) is 12.5 Å². The van der Waals surface area contributed by atoms with Gasteiger partial charge in [0.1, 0.15) is 5.84 Å². The summed E-state index contributed by atoms with van der Waals surface area (Å²) in [6.45, 7) is 0.730. The molecule has 0 bridgehead atoms. The monoisotopic (exact) mass is 226 g/mol.